The van der Waals surface area contributed by atoms with Gasteiger partial charge in [-0.2, -0.15) is 18.2 Å². The van der Waals surface area contributed by atoms with Gasteiger partial charge < -0.3 is 16.0 Å². The number of anilines is 3. The van der Waals surface area contributed by atoms with Gasteiger partial charge in [-0.25, -0.2) is 14.4 Å². The molecule has 1 aromatic carbocycles. The summed E-state index contributed by atoms with van der Waals surface area (Å²) in [5.41, 5.74) is 5.72. The predicted molar refractivity (Wildman–Crippen MR) is 124 cm³/mol. The van der Waals surface area contributed by atoms with Gasteiger partial charge in [0.05, 0.1) is 17.4 Å². The molecule has 7 nitrogen and oxygen atoms in total. The number of fused-ring (bicyclic) bond motifs is 1. The number of hydrogen-bond donors (Lipinski definition) is 2. The van der Waals surface area contributed by atoms with Gasteiger partial charge in [0.1, 0.15) is 11.3 Å². The molecule has 3 heterocycles. The van der Waals surface area contributed by atoms with Crippen LogP contribution in [-0.2, 0) is 12.7 Å². The minimum absolute atomic E-state index is 0.216. The third-order valence-electron chi connectivity index (χ3n) is 6.20. The second-order valence-electron chi connectivity index (χ2n) is 8.66. The van der Waals surface area contributed by atoms with E-state index < -0.39 is 17.6 Å². The molecule has 1 unspecified atom stereocenters. The van der Waals surface area contributed by atoms with Crippen LogP contribution in [0.25, 0.3) is 11.2 Å². The van der Waals surface area contributed by atoms with E-state index in [2.05, 4.69) is 27.1 Å². The van der Waals surface area contributed by atoms with Crippen molar-refractivity contribution in [1.82, 2.24) is 19.5 Å². The Morgan fingerprint density at radius 3 is 2.59 bits per heavy atom. The zero-order valence-electron chi connectivity index (χ0n) is 19.1. The van der Waals surface area contributed by atoms with Crippen LogP contribution in [0.5, 0.6) is 0 Å². The van der Waals surface area contributed by atoms with E-state index in [4.69, 9.17) is 10.7 Å². The maximum absolute atomic E-state index is 14.5. The molecule has 1 saturated heterocycles. The fourth-order valence-electron chi connectivity index (χ4n) is 4.30. The molecule has 3 aromatic rings. The summed E-state index contributed by atoms with van der Waals surface area (Å²) in [5, 5.41) is 2.77. The molecule has 0 spiro atoms. The number of hydrogen-bond acceptors (Lipinski definition) is 6. The lowest BCUT2D eigenvalue weighted by Crippen LogP contribution is -2.21. The zero-order valence-corrected chi connectivity index (χ0v) is 19.1. The summed E-state index contributed by atoms with van der Waals surface area (Å²) in [7, 11) is 0. The Hall–Kier alpha value is -2.95. The van der Waals surface area contributed by atoms with Crippen molar-refractivity contribution in [1.29, 1.82) is 0 Å². The van der Waals surface area contributed by atoms with E-state index in [0.29, 0.717) is 36.3 Å². The van der Waals surface area contributed by atoms with E-state index in [1.54, 1.807) is 10.8 Å². The van der Waals surface area contributed by atoms with Crippen LogP contribution in [0.1, 0.15) is 44.6 Å². The number of imidazole rings is 1. The fourth-order valence-corrected chi connectivity index (χ4v) is 4.30. The highest BCUT2D eigenvalue weighted by Crippen LogP contribution is 2.33. The summed E-state index contributed by atoms with van der Waals surface area (Å²) in [5.74, 6) is 0.280. The molecule has 34 heavy (non-hydrogen) atoms. The number of aromatic nitrogens is 4. The number of alkyl halides is 3. The Kier molecular flexibility index (Phi) is 7.20. The van der Waals surface area contributed by atoms with Crippen molar-refractivity contribution in [3.8, 4) is 0 Å². The molecule has 0 bridgehead atoms. The Balaban J connectivity index is 1.72. The summed E-state index contributed by atoms with van der Waals surface area (Å²) >= 11 is 0. The van der Waals surface area contributed by atoms with E-state index in [-0.39, 0.29) is 17.6 Å². The highest BCUT2D eigenvalue weighted by atomic mass is 19.4. The van der Waals surface area contributed by atoms with Crippen LogP contribution in [-0.4, -0.2) is 39.2 Å². The normalized spacial score (nSPS) is 15.3. The van der Waals surface area contributed by atoms with Crippen LogP contribution in [0.15, 0.2) is 24.4 Å². The number of nitrogens with one attached hydrogen (secondary N) is 1. The van der Waals surface area contributed by atoms with Gasteiger partial charge in [-0.05, 0) is 56.3 Å². The Labute approximate surface area is 195 Å². The van der Waals surface area contributed by atoms with Gasteiger partial charge in [0, 0.05) is 19.6 Å². The molecule has 1 atom stereocenters. The first-order chi connectivity index (χ1) is 16.3. The number of nitrogens with zero attached hydrogens (tertiary/aromatic N) is 5. The zero-order chi connectivity index (χ0) is 24.3. The third kappa shape index (κ3) is 5.24. The first kappa shape index (κ1) is 24.2. The lowest BCUT2D eigenvalue weighted by Gasteiger charge is -2.17. The largest absolute Gasteiger partial charge is 0.416 e. The lowest BCUT2D eigenvalue weighted by atomic mass is 10.0. The molecule has 0 amide bonds. The minimum Gasteiger partial charge on any atom is -0.341 e. The molecule has 1 fully saturated rings. The van der Waals surface area contributed by atoms with Crippen molar-refractivity contribution < 1.29 is 17.6 Å². The summed E-state index contributed by atoms with van der Waals surface area (Å²) < 4.78 is 55.8. The second-order valence-corrected chi connectivity index (χ2v) is 8.66. The first-order valence-corrected chi connectivity index (χ1v) is 11.6. The van der Waals surface area contributed by atoms with Crippen molar-refractivity contribution >= 4 is 28.7 Å². The highest BCUT2D eigenvalue weighted by Gasteiger charge is 2.31. The number of rotatable bonds is 9. The summed E-state index contributed by atoms with van der Waals surface area (Å²) in [4.78, 5) is 15.7. The highest BCUT2D eigenvalue weighted by molar-refractivity contribution is 5.76. The van der Waals surface area contributed by atoms with Gasteiger partial charge in [0.15, 0.2) is 5.65 Å². The van der Waals surface area contributed by atoms with Gasteiger partial charge in [-0.15, -0.1) is 0 Å². The predicted octanol–water partition coefficient (Wildman–Crippen LogP) is 5.09. The van der Waals surface area contributed by atoms with Gasteiger partial charge in [0.25, 0.3) is 0 Å². The fraction of sp³-hybridized carbons (Fsp3) is 0.522. The van der Waals surface area contributed by atoms with Crippen molar-refractivity contribution in [2.45, 2.75) is 51.7 Å². The first-order valence-electron chi connectivity index (χ1n) is 11.6. The number of benzene rings is 1. The summed E-state index contributed by atoms with van der Waals surface area (Å²) in [6.45, 7) is 4.84. The van der Waals surface area contributed by atoms with Gasteiger partial charge in [-0.3, -0.25) is 4.57 Å². The van der Waals surface area contributed by atoms with Gasteiger partial charge >= 0.3 is 6.18 Å². The molecule has 184 valence electrons. The molecule has 1 aliphatic rings. The molecule has 3 N–H and O–H groups in total. The smallest absolute Gasteiger partial charge is 0.341 e. The van der Waals surface area contributed by atoms with E-state index in [1.807, 2.05) is 0 Å². The standard InChI is InChI=1S/C23H29F4N7/c1-2-5-15(13-28)8-11-34-20-19(14-29-21(32-20)33-9-3-4-10-33)31-22(34)30-18-12-16(23(25,26)27)6-7-17(18)24/h6-7,12,14-15H,2-5,8-11,13,28H2,1H3,(H,30,31). The molecule has 0 saturated carbocycles. The molecule has 0 aliphatic carbocycles. The molecule has 11 heteroatoms. The number of aryl methyl sites for hydroxylation is 1. The Morgan fingerprint density at radius 1 is 1.15 bits per heavy atom. The van der Waals surface area contributed by atoms with Crippen LogP contribution in [0.3, 0.4) is 0 Å². The maximum atomic E-state index is 14.5. The summed E-state index contributed by atoms with van der Waals surface area (Å²) in [6, 6.07) is 2.27. The van der Waals surface area contributed by atoms with Gasteiger partial charge in [-0.1, -0.05) is 13.3 Å². The monoisotopic (exact) mass is 479 g/mol. The van der Waals surface area contributed by atoms with Crippen LogP contribution in [0.2, 0.25) is 0 Å². The second kappa shape index (κ2) is 10.1. The summed E-state index contributed by atoms with van der Waals surface area (Å²) in [6.07, 6.45) is 1.84. The van der Waals surface area contributed by atoms with Crippen molar-refractivity contribution in [3.05, 3.63) is 35.8 Å². The van der Waals surface area contributed by atoms with E-state index in [1.165, 1.54) is 0 Å². The molecule has 1 aliphatic heterocycles. The molecular weight excluding hydrogens is 450 g/mol. The van der Waals surface area contributed by atoms with Crippen LogP contribution < -0.4 is 16.0 Å². The van der Waals surface area contributed by atoms with Crippen molar-refractivity contribution in [2.24, 2.45) is 11.7 Å². The third-order valence-corrected chi connectivity index (χ3v) is 6.20. The number of nitrogens with two attached hydrogens (primary N) is 1. The van der Waals surface area contributed by atoms with Crippen molar-refractivity contribution in [3.63, 3.8) is 0 Å². The molecule has 2 aromatic heterocycles. The van der Waals surface area contributed by atoms with Crippen molar-refractivity contribution in [2.75, 3.05) is 29.9 Å². The Morgan fingerprint density at radius 2 is 1.91 bits per heavy atom. The van der Waals surface area contributed by atoms with E-state index >= 15 is 0 Å². The van der Waals surface area contributed by atoms with Crippen LogP contribution >= 0.6 is 0 Å². The van der Waals surface area contributed by atoms with E-state index in [0.717, 1.165) is 57.3 Å². The van der Waals surface area contributed by atoms with Gasteiger partial charge in [0.2, 0.25) is 11.9 Å². The molecule has 0 radical (unpaired) electrons. The Bertz CT molecular complexity index is 1120. The quantitative estimate of drug-likeness (QED) is 0.416. The molecule has 4 rings (SSSR count). The van der Waals surface area contributed by atoms with Crippen LogP contribution in [0, 0.1) is 11.7 Å². The average Bonchev–Trinajstić information content (AvgIpc) is 3.45. The topological polar surface area (TPSA) is 84.9 Å². The molecular formula is C23H29F4N7. The lowest BCUT2D eigenvalue weighted by molar-refractivity contribution is -0.137. The minimum atomic E-state index is -4.59. The average molecular weight is 480 g/mol. The number of halogens is 4. The maximum Gasteiger partial charge on any atom is 0.416 e. The van der Waals surface area contributed by atoms with E-state index in [9.17, 15) is 17.6 Å². The van der Waals surface area contributed by atoms with Crippen LogP contribution in [0.4, 0.5) is 35.1 Å². The SMILES string of the molecule is CCCC(CN)CCn1c(Nc2cc(C(F)(F)F)ccc2F)nc2cnc(N3CCCC3)nc21.